The SMILES string of the molecule is CC(C)NC(=O)Oc1ccccc1N=C(/C=C(\N)C(F)(F)F)c1cc(-c2cccc(S(C)(=O)=O)c2)cs1. The second-order valence-corrected chi connectivity index (χ2v) is 11.2. The van der Waals surface area contributed by atoms with Crippen molar-refractivity contribution < 1.29 is 31.1 Å². The third kappa shape index (κ3) is 7.67. The van der Waals surface area contributed by atoms with Gasteiger partial charge in [0.05, 0.1) is 15.5 Å². The summed E-state index contributed by atoms with van der Waals surface area (Å²) in [4.78, 5) is 16.9. The Morgan fingerprint density at radius 1 is 1.11 bits per heavy atom. The third-order valence-corrected chi connectivity index (χ3v) is 6.85. The van der Waals surface area contributed by atoms with E-state index in [1.807, 2.05) is 0 Å². The topological polar surface area (TPSA) is 111 Å². The normalized spacial score (nSPS) is 13.1. The molecule has 0 aliphatic carbocycles. The summed E-state index contributed by atoms with van der Waals surface area (Å²) < 4.78 is 69.0. The molecular weight excluding hydrogens is 527 g/mol. The molecule has 0 radical (unpaired) electrons. The Morgan fingerprint density at radius 2 is 1.81 bits per heavy atom. The molecule has 1 aromatic heterocycles. The van der Waals surface area contributed by atoms with Gasteiger partial charge in [-0.15, -0.1) is 11.3 Å². The minimum absolute atomic E-state index is 0.0368. The van der Waals surface area contributed by atoms with E-state index in [0.717, 1.165) is 17.6 Å². The Morgan fingerprint density at radius 3 is 2.46 bits per heavy atom. The summed E-state index contributed by atoms with van der Waals surface area (Å²) in [5, 5.41) is 4.23. The van der Waals surface area contributed by atoms with Crippen LogP contribution in [0.2, 0.25) is 0 Å². The second kappa shape index (κ2) is 11.2. The van der Waals surface area contributed by atoms with Crippen LogP contribution in [0.4, 0.5) is 23.7 Å². The van der Waals surface area contributed by atoms with Gasteiger partial charge in [0.1, 0.15) is 11.4 Å². The number of hydrogen-bond acceptors (Lipinski definition) is 7. The van der Waals surface area contributed by atoms with E-state index in [1.165, 1.54) is 24.3 Å². The quantitative estimate of drug-likeness (QED) is 0.359. The molecule has 1 amide bonds. The molecule has 12 heteroatoms. The summed E-state index contributed by atoms with van der Waals surface area (Å²) >= 11 is 1.10. The maximum Gasteiger partial charge on any atom is 0.430 e. The average molecular weight is 552 g/mol. The van der Waals surface area contributed by atoms with Crippen molar-refractivity contribution in [2.24, 2.45) is 10.7 Å². The lowest BCUT2D eigenvalue weighted by Gasteiger charge is -2.11. The number of carbonyl (C=O) groups excluding carboxylic acids is 1. The van der Waals surface area contributed by atoms with E-state index in [-0.39, 0.29) is 28.1 Å². The second-order valence-electron chi connectivity index (χ2n) is 8.25. The maximum atomic E-state index is 13.3. The van der Waals surface area contributed by atoms with Crippen molar-refractivity contribution in [1.82, 2.24) is 5.32 Å². The molecule has 2 aromatic carbocycles. The van der Waals surface area contributed by atoms with E-state index in [1.54, 1.807) is 49.6 Å². The van der Waals surface area contributed by atoms with Crippen molar-refractivity contribution in [2.45, 2.75) is 31.0 Å². The van der Waals surface area contributed by atoms with Crippen molar-refractivity contribution in [3.8, 4) is 16.9 Å². The first-order valence-electron chi connectivity index (χ1n) is 10.8. The minimum Gasteiger partial charge on any atom is -0.408 e. The van der Waals surface area contributed by atoms with Gasteiger partial charge >= 0.3 is 12.3 Å². The summed E-state index contributed by atoms with van der Waals surface area (Å²) in [7, 11) is -3.46. The third-order valence-electron chi connectivity index (χ3n) is 4.78. The van der Waals surface area contributed by atoms with Crippen molar-refractivity contribution in [3.05, 3.63) is 76.6 Å². The molecule has 0 aliphatic heterocycles. The molecule has 196 valence electrons. The van der Waals surface area contributed by atoms with E-state index >= 15 is 0 Å². The fourth-order valence-corrected chi connectivity index (χ4v) is 4.59. The number of para-hydroxylation sites is 2. The van der Waals surface area contributed by atoms with Crippen LogP contribution in [-0.4, -0.2) is 38.7 Å². The Hall–Kier alpha value is -3.64. The number of nitrogens with one attached hydrogen (secondary N) is 1. The number of sulfone groups is 1. The molecule has 0 fully saturated rings. The highest BCUT2D eigenvalue weighted by Gasteiger charge is 2.32. The fourth-order valence-electron chi connectivity index (χ4n) is 3.05. The van der Waals surface area contributed by atoms with Crippen LogP contribution in [-0.2, 0) is 9.84 Å². The van der Waals surface area contributed by atoms with Gasteiger partial charge in [-0.2, -0.15) is 13.2 Å². The number of ether oxygens (including phenoxy) is 1. The summed E-state index contributed by atoms with van der Waals surface area (Å²) in [5.41, 5.74) is 5.07. The molecule has 0 saturated carbocycles. The molecule has 0 bridgehead atoms. The number of rotatable bonds is 7. The van der Waals surface area contributed by atoms with Gasteiger partial charge in [-0.1, -0.05) is 24.3 Å². The zero-order valence-electron chi connectivity index (χ0n) is 20.0. The molecule has 0 aliphatic rings. The number of alkyl halides is 3. The number of nitrogens with zero attached hydrogens (tertiary/aromatic N) is 1. The maximum absolute atomic E-state index is 13.3. The number of amides is 1. The van der Waals surface area contributed by atoms with Crippen LogP contribution in [0.3, 0.4) is 0 Å². The van der Waals surface area contributed by atoms with Crippen LogP contribution in [0.15, 0.2) is 81.6 Å². The lowest BCUT2D eigenvalue weighted by atomic mass is 10.1. The molecule has 0 atom stereocenters. The first-order valence-corrected chi connectivity index (χ1v) is 13.6. The van der Waals surface area contributed by atoms with E-state index in [2.05, 4.69) is 10.3 Å². The zero-order valence-corrected chi connectivity index (χ0v) is 21.7. The summed E-state index contributed by atoms with van der Waals surface area (Å²) in [6, 6.07) is 13.7. The number of thiophene rings is 1. The summed E-state index contributed by atoms with van der Waals surface area (Å²) in [6.45, 7) is 3.49. The highest BCUT2D eigenvalue weighted by molar-refractivity contribution is 7.90. The van der Waals surface area contributed by atoms with Crippen molar-refractivity contribution in [2.75, 3.05) is 6.26 Å². The number of halogens is 3. The van der Waals surface area contributed by atoms with Gasteiger partial charge in [-0.25, -0.2) is 18.2 Å². The van der Waals surface area contributed by atoms with Crippen LogP contribution >= 0.6 is 11.3 Å². The van der Waals surface area contributed by atoms with Gasteiger partial charge in [0.2, 0.25) is 0 Å². The number of hydrogen-bond donors (Lipinski definition) is 2. The molecule has 3 N–H and O–H groups in total. The van der Waals surface area contributed by atoms with Crippen molar-refractivity contribution >= 4 is 38.7 Å². The van der Waals surface area contributed by atoms with E-state index in [0.29, 0.717) is 22.1 Å². The first-order chi connectivity index (χ1) is 17.2. The standard InChI is InChI=1S/C25H24F3N3O4S2/c1-15(2)30-24(32)35-21-10-5-4-9-19(21)31-20(13-23(29)25(26,27)28)22-12-17(14-36-22)16-7-6-8-18(11-16)37(3,33)34/h4-15H,29H2,1-3H3,(H,30,32)/b23-13-,31-20?. The Labute approximate surface area is 216 Å². The average Bonchev–Trinajstić information content (AvgIpc) is 3.28. The number of benzene rings is 2. The highest BCUT2D eigenvalue weighted by Crippen LogP contribution is 2.33. The van der Waals surface area contributed by atoms with Crippen LogP contribution in [0.5, 0.6) is 5.75 Å². The molecule has 7 nitrogen and oxygen atoms in total. The minimum atomic E-state index is -4.79. The van der Waals surface area contributed by atoms with Crippen molar-refractivity contribution in [1.29, 1.82) is 0 Å². The molecule has 0 unspecified atom stereocenters. The molecule has 37 heavy (non-hydrogen) atoms. The number of nitrogens with two attached hydrogens (primary N) is 1. The molecule has 0 saturated heterocycles. The van der Waals surface area contributed by atoms with Crippen LogP contribution in [0, 0.1) is 0 Å². The van der Waals surface area contributed by atoms with Gasteiger partial charge in [0.15, 0.2) is 15.6 Å². The molecule has 3 rings (SSSR count). The molecule has 0 spiro atoms. The van der Waals surface area contributed by atoms with Crippen LogP contribution in [0.1, 0.15) is 18.7 Å². The number of carbonyl (C=O) groups is 1. The molecule has 1 heterocycles. The monoisotopic (exact) mass is 551 g/mol. The number of aliphatic imine (C=N–C) groups is 1. The lowest BCUT2D eigenvalue weighted by Crippen LogP contribution is -2.32. The molecule has 3 aromatic rings. The predicted octanol–water partition coefficient (Wildman–Crippen LogP) is 5.84. The van der Waals surface area contributed by atoms with E-state index in [9.17, 15) is 26.4 Å². The van der Waals surface area contributed by atoms with E-state index < -0.39 is 27.8 Å². The predicted molar refractivity (Wildman–Crippen MR) is 138 cm³/mol. The fraction of sp³-hybridized carbons (Fsp3) is 0.200. The molecular formula is C25H24F3N3O4S2. The Balaban J connectivity index is 2.09. The van der Waals surface area contributed by atoms with Crippen molar-refractivity contribution in [3.63, 3.8) is 0 Å². The highest BCUT2D eigenvalue weighted by atomic mass is 32.2. The smallest absolute Gasteiger partial charge is 0.408 e. The van der Waals surface area contributed by atoms with Gasteiger partial charge in [-0.3, -0.25) is 0 Å². The van der Waals surface area contributed by atoms with E-state index in [4.69, 9.17) is 10.5 Å². The van der Waals surface area contributed by atoms with Gasteiger partial charge < -0.3 is 15.8 Å². The Bertz CT molecular complexity index is 1460. The van der Waals surface area contributed by atoms with Crippen LogP contribution < -0.4 is 15.8 Å². The first kappa shape index (κ1) is 27.9. The summed E-state index contributed by atoms with van der Waals surface area (Å²) in [5.74, 6) is 0.0368. The zero-order chi connectivity index (χ0) is 27.4. The Kier molecular flexibility index (Phi) is 8.44. The summed E-state index contributed by atoms with van der Waals surface area (Å²) in [6.07, 6.45) is -3.75. The van der Waals surface area contributed by atoms with Crippen LogP contribution in [0.25, 0.3) is 11.1 Å². The van der Waals surface area contributed by atoms with Gasteiger partial charge in [0, 0.05) is 12.3 Å². The lowest BCUT2D eigenvalue weighted by molar-refractivity contribution is -0.0925. The van der Waals surface area contributed by atoms with Gasteiger partial charge in [-0.05, 0) is 66.8 Å². The van der Waals surface area contributed by atoms with Gasteiger partial charge in [0.25, 0.3) is 0 Å². The largest absolute Gasteiger partial charge is 0.430 e. The number of allylic oxidation sites excluding steroid dienone is 2.